The van der Waals surface area contributed by atoms with Gasteiger partial charge in [-0.3, -0.25) is 0 Å². The minimum absolute atomic E-state index is 0.0303. The van der Waals surface area contributed by atoms with Crippen molar-refractivity contribution in [3.63, 3.8) is 0 Å². The van der Waals surface area contributed by atoms with Gasteiger partial charge in [-0.1, -0.05) is 0 Å². The highest BCUT2D eigenvalue weighted by atomic mass is 32.2. The molecule has 1 unspecified atom stereocenters. The zero-order valence-electron chi connectivity index (χ0n) is 12.7. The molecule has 0 radical (unpaired) electrons. The number of sulfone groups is 1. The van der Waals surface area contributed by atoms with Gasteiger partial charge < -0.3 is 13.7 Å². The lowest BCUT2D eigenvalue weighted by molar-refractivity contribution is 0.0304. The third kappa shape index (κ3) is 2.80. The van der Waals surface area contributed by atoms with Crippen molar-refractivity contribution in [2.24, 2.45) is 7.05 Å². The van der Waals surface area contributed by atoms with Crippen LogP contribution in [0.3, 0.4) is 0 Å². The van der Waals surface area contributed by atoms with Crippen molar-refractivity contribution in [2.45, 2.75) is 37.4 Å². The number of furan rings is 1. The normalized spacial score (nSPS) is 19.5. The molecule has 0 bridgehead atoms. The van der Waals surface area contributed by atoms with E-state index < -0.39 is 9.84 Å². The fourth-order valence-electron chi connectivity index (χ4n) is 2.70. The Kier molecular flexibility index (Phi) is 4.05. The number of nitrogens with zero attached hydrogens (tertiary/aromatic N) is 3. The highest BCUT2D eigenvalue weighted by Crippen LogP contribution is 2.25. The Labute approximate surface area is 129 Å². The van der Waals surface area contributed by atoms with E-state index in [4.69, 9.17) is 9.15 Å². The van der Waals surface area contributed by atoms with Crippen LogP contribution >= 0.6 is 0 Å². The van der Waals surface area contributed by atoms with Crippen LogP contribution in [0, 0.1) is 6.92 Å². The van der Waals surface area contributed by atoms with Crippen LogP contribution in [0.2, 0.25) is 0 Å². The topological polar surface area (TPSA) is 87.2 Å². The van der Waals surface area contributed by atoms with Crippen LogP contribution in [0.1, 0.15) is 25.0 Å². The average molecular weight is 325 g/mol. The minimum atomic E-state index is -3.54. The Morgan fingerprint density at radius 3 is 2.82 bits per heavy atom. The standard InChI is InChI=1S/C14H19N3O4S/c1-10-12(6-8-20-10)13-15-16-14(17(13)2)22(18,19)9-11-5-3-4-7-21-11/h6,8,11H,3-5,7,9H2,1-2H3. The predicted octanol–water partition coefficient (Wildman–Crippen LogP) is 1.73. The molecule has 1 aliphatic rings. The van der Waals surface area contributed by atoms with E-state index in [1.54, 1.807) is 26.3 Å². The molecule has 0 N–H and O–H groups in total. The molecule has 2 aromatic rings. The summed E-state index contributed by atoms with van der Waals surface area (Å²) in [7, 11) is -1.89. The van der Waals surface area contributed by atoms with Crippen LogP contribution in [0.25, 0.3) is 11.4 Å². The van der Waals surface area contributed by atoms with Crippen LogP contribution in [-0.2, 0) is 21.6 Å². The first kappa shape index (κ1) is 15.2. The SMILES string of the molecule is Cc1occc1-c1nnc(S(=O)(=O)CC2CCCCO2)n1C. The summed E-state index contributed by atoms with van der Waals surface area (Å²) < 4.78 is 37.4. The van der Waals surface area contributed by atoms with E-state index in [1.165, 1.54) is 4.57 Å². The van der Waals surface area contributed by atoms with Gasteiger partial charge >= 0.3 is 0 Å². The van der Waals surface area contributed by atoms with Gasteiger partial charge in [-0.25, -0.2) is 8.42 Å². The molecule has 1 atom stereocenters. The first-order valence-corrected chi connectivity index (χ1v) is 8.92. The Bertz CT molecular complexity index is 757. The summed E-state index contributed by atoms with van der Waals surface area (Å²) in [6.07, 6.45) is 4.05. The Balaban J connectivity index is 1.88. The first-order chi connectivity index (χ1) is 10.5. The maximum absolute atomic E-state index is 12.6. The zero-order chi connectivity index (χ0) is 15.7. The third-order valence-corrected chi connectivity index (χ3v) is 5.61. The molecule has 22 heavy (non-hydrogen) atoms. The summed E-state index contributed by atoms with van der Waals surface area (Å²) in [5, 5.41) is 7.86. The van der Waals surface area contributed by atoms with E-state index in [1.807, 2.05) is 0 Å². The molecule has 1 fully saturated rings. The van der Waals surface area contributed by atoms with Gasteiger partial charge in [0.05, 0.1) is 23.7 Å². The van der Waals surface area contributed by atoms with E-state index >= 15 is 0 Å². The molecule has 0 aliphatic carbocycles. The number of aryl methyl sites for hydroxylation is 1. The molecule has 8 heteroatoms. The van der Waals surface area contributed by atoms with Crippen molar-refractivity contribution in [1.29, 1.82) is 0 Å². The van der Waals surface area contributed by atoms with Gasteiger partial charge in [0.2, 0.25) is 15.0 Å². The van der Waals surface area contributed by atoms with Gasteiger partial charge in [0.1, 0.15) is 5.76 Å². The molecular formula is C14H19N3O4S. The van der Waals surface area contributed by atoms with Crippen molar-refractivity contribution < 1.29 is 17.6 Å². The zero-order valence-corrected chi connectivity index (χ0v) is 13.5. The van der Waals surface area contributed by atoms with E-state index in [2.05, 4.69) is 10.2 Å². The summed E-state index contributed by atoms with van der Waals surface area (Å²) in [6, 6.07) is 1.75. The van der Waals surface area contributed by atoms with Crippen LogP contribution in [0.15, 0.2) is 21.9 Å². The summed E-state index contributed by atoms with van der Waals surface area (Å²) in [5.41, 5.74) is 0.741. The second kappa shape index (κ2) is 5.85. The summed E-state index contributed by atoms with van der Waals surface area (Å²) in [4.78, 5) is 0. The molecule has 1 aliphatic heterocycles. The maximum Gasteiger partial charge on any atom is 0.249 e. The monoisotopic (exact) mass is 325 g/mol. The molecule has 0 spiro atoms. The molecule has 0 amide bonds. The molecule has 2 aromatic heterocycles. The number of hydrogen-bond donors (Lipinski definition) is 0. The highest BCUT2D eigenvalue weighted by molar-refractivity contribution is 7.91. The van der Waals surface area contributed by atoms with Gasteiger partial charge in [-0.2, -0.15) is 0 Å². The lowest BCUT2D eigenvalue weighted by Gasteiger charge is -2.21. The molecular weight excluding hydrogens is 306 g/mol. The average Bonchev–Trinajstić information content (AvgIpc) is 3.05. The molecule has 0 saturated carbocycles. The molecule has 3 heterocycles. The van der Waals surface area contributed by atoms with Crippen molar-refractivity contribution in [1.82, 2.24) is 14.8 Å². The Hall–Kier alpha value is -1.67. The third-order valence-electron chi connectivity index (χ3n) is 3.89. The molecule has 1 saturated heterocycles. The van der Waals surface area contributed by atoms with E-state index in [-0.39, 0.29) is 17.0 Å². The van der Waals surface area contributed by atoms with Crippen LogP contribution < -0.4 is 0 Å². The molecule has 7 nitrogen and oxygen atoms in total. The first-order valence-electron chi connectivity index (χ1n) is 7.27. The quantitative estimate of drug-likeness (QED) is 0.850. The number of hydrogen-bond acceptors (Lipinski definition) is 6. The largest absolute Gasteiger partial charge is 0.469 e. The second-order valence-corrected chi connectivity index (χ2v) is 7.45. The van der Waals surface area contributed by atoms with Crippen LogP contribution in [-0.4, -0.2) is 41.6 Å². The number of ether oxygens (including phenoxy) is 1. The van der Waals surface area contributed by atoms with Gasteiger partial charge in [-0.05, 0) is 32.3 Å². The minimum Gasteiger partial charge on any atom is -0.469 e. The van der Waals surface area contributed by atoms with Crippen LogP contribution in [0.5, 0.6) is 0 Å². The second-order valence-electron chi connectivity index (χ2n) is 5.53. The fourth-order valence-corrected chi connectivity index (χ4v) is 4.27. The summed E-state index contributed by atoms with van der Waals surface area (Å²) >= 11 is 0. The van der Waals surface area contributed by atoms with E-state index in [0.717, 1.165) is 24.8 Å². The maximum atomic E-state index is 12.6. The van der Waals surface area contributed by atoms with Crippen molar-refractivity contribution in [2.75, 3.05) is 12.4 Å². The summed E-state index contributed by atoms with van der Waals surface area (Å²) in [5.74, 6) is 1.10. The van der Waals surface area contributed by atoms with Gasteiger partial charge in [0.15, 0.2) is 5.82 Å². The number of aromatic nitrogens is 3. The lowest BCUT2D eigenvalue weighted by Crippen LogP contribution is -2.28. The molecule has 120 valence electrons. The van der Waals surface area contributed by atoms with Crippen molar-refractivity contribution in [3.05, 3.63) is 18.1 Å². The smallest absolute Gasteiger partial charge is 0.249 e. The number of rotatable bonds is 4. The van der Waals surface area contributed by atoms with Gasteiger partial charge in [0.25, 0.3) is 0 Å². The Morgan fingerprint density at radius 2 is 2.18 bits per heavy atom. The lowest BCUT2D eigenvalue weighted by atomic mass is 10.1. The Morgan fingerprint density at radius 1 is 1.36 bits per heavy atom. The predicted molar refractivity (Wildman–Crippen MR) is 79.1 cm³/mol. The van der Waals surface area contributed by atoms with Crippen molar-refractivity contribution in [3.8, 4) is 11.4 Å². The van der Waals surface area contributed by atoms with E-state index in [9.17, 15) is 8.42 Å². The fraction of sp³-hybridized carbons (Fsp3) is 0.571. The van der Waals surface area contributed by atoms with Gasteiger partial charge in [-0.15, -0.1) is 10.2 Å². The van der Waals surface area contributed by atoms with Gasteiger partial charge in [0, 0.05) is 13.7 Å². The molecule has 3 rings (SSSR count). The highest BCUT2D eigenvalue weighted by Gasteiger charge is 2.29. The van der Waals surface area contributed by atoms with E-state index in [0.29, 0.717) is 18.2 Å². The molecule has 0 aromatic carbocycles. The van der Waals surface area contributed by atoms with Crippen molar-refractivity contribution >= 4 is 9.84 Å². The summed E-state index contributed by atoms with van der Waals surface area (Å²) in [6.45, 7) is 2.42. The van der Waals surface area contributed by atoms with Crippen LogP contribution in [0.4, 0.5) is 0 Å².